The first-order chi connectivity index (χ1) is 20.6. The van der Waals surface area contributed by atoms with Gasteiger partial charge in [-0.1, -0.05) is 26.8 Å². The molecule has 2 fully saturated rings. The van der Waals surface area contributed by atoms with Crippen LogP contribution in [0.25, 0.3) is 11.1 Å². The van der Waals surface area contributed by atoms with Crippen molar-refractivity contribution in [3.63, 3.8) is 0 Å². The number of aromatic nitrogens is 2. The highest BCUT2D eigenvalue weighted by molar-refractivity contribution is 6.74. The van der Waals surface area contributed by atoms with E-state index in [1.165, 1.54) is 12.3 Å². The summed E-state index contributed by atoms with van der Waals surface area (Å²) in [6, 6.07) is 12.3. The summed E-state index contributed by atoms with van der Waals surface area (Å²) in [6.07, 6.45) is 3.18. The Hall–Kier alpha value is -3.21. The van der Waals surface area contributed by atoms with Gasteiger partial charge in [-0.15, -0.1) is 0 Å². The number of nitrogens with one attached hydrogen (secondary N) is 1. The molecular formula is C34H43F2N3O4Si. The molecule has 1 saturated heterocycles. The number of hydrogen-bond acceptors (Lipinski definition) is 6. The van der Waals surface area contributed by atoms with Gasteiger partial charge < -0.3 is 19.2 Å². The number of carbonyl (C=O) groups excluding carboxylic acids is 1. The Kier molecular flexibility index (Phi) is 8.74. The molecule has 2 aliphatic rings. The van der Waals surface area contributed by atoms with E-state index in [1.54, 1.807) is 6.07 Å². The Morgan fingerprint density at radius 3 is 2.59 bits per heavy atom. The zero-order chi connectivity index (χ0) is 31.9. The van der Waals surface area contributed by atoms with Crippen molar-refractivity contribution in [3.05, 3.63) is 71.2 Å². The van der Waals surface area contributed by atoms with E-state index in [1.807, 2.05) is 25.1 Å². The van der Waals surface area contributed by atoms with Crippen LogP contribution in [0.15, 0.2) is 48.7 Å². The van der Waals surface area contributed by atoms with Crippen molar-refractivity contribution < 1.29 is 27.5 Å². The summed E-state index contributed by atoms with van der Waals surface area (Å²) >= 11 is 0. The average molecular weight is 624 g/mol. The van der Waals surface area contributed by atoms with Crippen LogP contribution in [0.1, 0.15) is 67.8 Å². The molecule has 1 N–H and O–H groups in total. The number of aryl methyl sites for hydroxylation is 1. The number of ether oxygens (including phenoxy) is 2. The van der Waals surface area contributed by atoms with Crippen LogP contribution in [0.5, 0.6) is 5.88 Å². The molecule has 0 spiro atoms. The van der Waals surface area contributed by atoms with Crippen LogP contribution in [-0.4, -0.2) is 50.6 Å². The summed E-state index contributed by atoms with van der Waals surface area (Å²) in [5.41, 5.74) is 4.07. The SMILES string of the molecule is Cc1ccc(NC(=O)c2ccnc(C(C)(F)F)c2)cc1-c1cc(OCCO[Si](C)(C)C(C)(C)C)nc(C23CCOCC2C3)c1. The van der Waals surface area contributed by atoms with Crippen LogP contribution < -0.4 is 10.1 Å². The fourth-order valence-electron chi connectivity index (χ4n) is 5.50. The summed E-state index contributed by atoms with van der Waals surface area (Å²) in [5.74, 6) is -2.65. The van der Waals surface area contributed by atoms with Crippen molar-refractivity contribution in [1.29, 1.82) is 0 Å². The highest BCUT2D eigenvalue weighted by Crippen LogP contribution is 2.58. The van der Waals surface area contributed by atoms with Crippen molar-refractivity contribution in [3.8, 4) is 17.0 Å². The van der Waals surface area contributed by atoms with E-state index in [-0.39, 0.29) is 16.0 Å². The number of amides is 1. The molecule has 44 heavy (non-hydrogen) atoms. The second-order valence-electron chi connectivity index (χ2n) is 13.7. The number of pyridine rings is 2. The Labute approximate surface area is 259 Å². The molecule has 0 bridgehead atoms. The minimum absolute atomic E-state index is 0.00979. The molecular weight excluding hydrogens is 580 g/mol. The molecule has 3 heterocycles. The van der Waals surface area contributed by atoms with Gasteiger partial charge in [0.25, 0.3) is 11.8 Å². The minimum Gasteiger partial charge on any atom is -0.475 e. The maximum atomic E-state index is 13.8. The van der Waals surface area contributed by atoms with Crippen molar-refractivity contribution >= 4 is 19.9 Å². The van der Waals surface area contributed by atoms with Gasteiger partial charge in [-0.3, -0.25) is 9.78 Å². The van der Waals surface area contributed by atoms with Gasteiger partial charge in [0, 0.05) is 42.5 Å². The topological polar surface area (TPSA) is 82.6 Å². The fourth-order valence-corrected chi connectivity index (χ4v) is 6.53. The predicted octanol–water partition coefficient (Wildman–Crippen LogP) is 7.89. The fraction of sp³-hybridized carbons (Fsp3) is 0.500. The van der Waals surface area contributed by atoms with Gasteiger partial charge in [-0.25, -0.2) is 4.98 Å². The monoisotopic (exact) mass is 623 g/mol. The maximum Gasteiger partial charge on any atom is 0.286 e. The normalized spacial score (nSPS) is 20.2. The first-order valence-corrected chi connectivity index (χ1v) is 18.1. The summed E-state index contributed by atoms with van der Waals surface area (Å²) < 4.78 is 45.9. The summed E-state index contributed by atoms with van der Waals surface area (Å²) in [4.78, 5) is 21.7. The van der Waals surface area contributed by atoms with Gasteiger partial charge in [-0.05, 0) is 90.8 Å². The smallest absolute Gasteiger partial charge is 0.286 e. The van der Waals surface area contributed by atoms with Crippen LogP contribution in [0.3, 0.4) is 0 Å². The van der Waals surface area contributed by atoms with Crippen LogP contribution >= 0.6 is 0 Å². The van der Waals surface area contributed by atoms with Gasteiger partial charge in [-0.2, -0.15) is 8.78 Å². The Balaban J connectivity index is 1.41. The number of nitrogens with zero attached hydrogens (tertiary/aromatic N) is 2. The maximum absolute atomic E-state index is 13.8. The lowest BCUT2D eigenvalue weighted by Crippen LogP contribution is -2.41. The molecule has 3 aromatic rings. The van der Waals surface area contributed by atoms with Crippen LogP contribution in [0.4, 0.5) is 14.5 Å². The van der Waals surface area contributed by atoms with Gasteiger partial charge in [0.1, 0.15) is 12.3 Å². The Morgan fingerprint density at radius 2 is 1.89 bits per heavy atom. The van der Waals surface area contributed by atoms with Crippen molar-refractivity contribution in [2.75, 3.05) is 31.7 Å². The molecule has 2 atom stereocenters. The molecule has 10 heteroatoms. The van der Waals surface area contributed by atoms with Gasteiger partial charge >= 0.3 is 0 Å². The standard InChI is InChI=1S/C34H43F2N3O4Si/c1-22-8-9-26(38-31(40)23-10-12-37-28(16-23)33(5,35)36)19-27(22)24-17-29(34-11-13-41-21-25(34)20-34)39-30(18-24)42-14-15-43-44(6,7)32(2,3)4/h8-10,12,16-19,25H,11,13-15,20-21H2,1-7H3,(H,38,40). The third-order valence-electron chi connectivity index (χ3n) is 9.44. The summed E-state index contributed by atoms with van der Waals surface area (Å²) in [6.45, 7) is 16.2. The molecule has 1 aromatic carbocycles. The minimum atomic E-state index is -3.15. The largest absolute Gasteiger partial charge is 0.475 e. The van der Waals surface area contributed by atoms with E-state index >= 15 is 0 Å². The molecule has 1 aliphatic heterocycles. The van der Waals surface area contributed by atoms with E-state index < -0.39 is 25.8 Å². The number of rotatable bonds is 10. The number of anilines is 1. The molecule has 2 aromatic heterocycles. The van der Waals surface area contributed by atoms with Crippen molar-refractivity contribution in [2.24, 2.45) is 5.92 Å². The van der Waals surface area contributed by atoms with Crippen molar-refractivity contribution in [2.45, 2.75) is 76.9 Å². The van der Waals surface area contributed by atoms with E-state index in [2.05, 4.69) is 50.2 Å². The van der Waals surface area contributed by atoms with Gasteiger partial charge in [0.15, 0.2) is 8.32 Å². The Bertz CT molecular complexity index is 1540. The Morgan fingerprint density at radius 1 is 1.11 bits per heavy atom. The van der Waals surface area contributed by atoms with Crippen LogP contribution in [0.2, 0.25) is 18.1 Å². The second kappa shape index (κ2) is 11.9. The number of hydrogen-bond donors (Lipinski definition) is 1. The molecule has 1 amide bonds. The van der Waals surface area contributed by atoms with Crippen LogP contribution in [-0.2, 0) is 20.5 Å². The zero-order valence-electron chi connectivity index (χ0n) is 26.7. The summed E-state index contributed by atoms with van der Waals surface area (Å²) in [7, 11) is -1.90. The van der Waals surface area contributed by atoms with Crippen LogP contribution in [0, 0.1) is 12.8 Å². The molecule has 7 nitrogen and oxygen atoms in total. The highest BCUT2D eigenvalue weighted by Gasteiger charge is 2.58. The third-order valence-corrected chi connectivity index (χ3v) is 14.0. The summed E-state index contributed by atoms with van der Waals surface area (Å²) in [5, 5.41) is 2.97. The highest BCUT2D eigenvalue weighted by atomic mass is 28.4. The predicted molar refractivity (Wildman–Crippen MR) is 170 cm³/mol. The number of benzene rings is 1. The average Bonchev–Trinajstić information content (AvgIpc) is 3.72. The lowest BCUT2D eigenvalue weighted by molar-refractivity contribution is 0.0127. The molecule has 5 rings (SSSR count). The molecule has 1 saturated carbocycles. The number of carbonyl (C=O) groups is 1. The van der Waals surface area contributed by atoms with E-state index in [0.29, 0.717) is 37.3 Å². The van der Waals surface area contributed by atoms with E-state index in [0.717, 1.165) is 54.8 Å². The van der Waals surface area contributed by atoms with Crippen molar-refractivity contribution in [1.82, 2.24) is 9.97 Å². The number of alkyl halides is 2. The first kappa shape index (κ1) is 32.2. The lowest BCUT2D eigenvalue weighted by Gasteiger charge is -2.36. The second-order valence-corrected chi connectivity index (χ2v) is 18.5. The molecule has 0 radical (unpaired) electrons. The third kappa shape index (κ3) is 6.87. The first-order valence-electron chi connectivity index (χ1n) is 15.2. The lowest BCUT2D eigenvalue weighted by atomic mass is 9.90. The van der Waals surface area contributed by atoms with Gasteiger partial charge in [0.2, 0.25) is 5.88 Å². The zero-order valence-corrected chi connectivity index (χ0v) is 27.7. The number of fused-ring (bicyclic) bond motifs is 1. The van der Waals surface area contributed by atoms with E-state index in [9.17, 15) is 13.6 Å². The van der Waals surface area contributed by atoms with Gasteiger partial charge in [0.05, 0.1) is 18.9 Å². The molecule has 2 unspecified atom stereocenters. The quantitative estimate of drug-likeness (QED) is 0.183. The molecule has 236 valence electrons. The number of halogens is 2. The van der Waals surface area contributed by atoms with E-state index in [4.69, 9.17) is 18.9 Å². The molecule has 1 aliphatic carbocycles.